The molecule has 1 heteroatoms. The third kappa shape index (κ3) is 2.41. The smallest absolute Gasteiger partial charge is 0.0544 e. The second-order valence-electron chi connectivity index (χ2n) is 7.45. The van der Waals surface area contributed by atoms with Crippen LogP contribution in [0.2, 0.25) is 0 Å². The Kier molecular flexibility index (Phi) is 3.54. The van der Waals surface area contributed by atoms with Gasteiger partial charge in [-0.1, -0.05) is 103 Å². The Morgan fingerprint density at radius 3 is 1.59 bits per heavy atom. The van der Waals surface area contributed by atoms with E-state index in [4.69, 9.17) is 0 Å². The van der Waals surface area contributed by atoms with Crippen molar-refractivity contribution in [1.82, 2.24) is 4.98 Å². The largest absolute Gasteiger partial charge is 0.354 e. The number of H-pyrrole nitrogens is 1. The van der Waals surface area contributed by atoms with E-state index in [0.29, 0.717) is 0 Å². The molecule has 0 amide bonds. The fraction of sp³-hybridized carbons (Fsp3) is 0. The summed E-state index contributed by atoms with van der Waals surface area (Å²) in [5, 5.41) is 3.86. The lowest BCUT2D eigenvalue weighted by Gasteiger charge is -2.15. The zero-order chi connectivity index (χ0) is 19.2. The number of nitrogens with one attached hydrogen (secondary N) is 1. The Balaban J connectivity index is 1.88. The summed E-state index contributed by atoms with van der Waals surface area (Å²) in [5.74, 6) is 0. The van der Waals surface area contributed by atoms with Gasteiger partial charge in [-0.2, -0.15) is 0 Å². The van der Waals surface area contributed by atoms with Crippen molar-refractivity contribution < 1.29 is 0 Å². The Hall–Kier alpha value is -3.84. The minimum absolute atomic E-state index is 1.16. The maximum absolute atomic E-state index is 3.74. The van der Waals surface area contributed by atoms with E-state index >= 15 is 0 Å². The van der Waals surface area contributed by atoms with E-state index in [2.05, 4.69) is 114 Å². The first-order chi connectivity index (χ1) is 14.4. The van der Waals surface area contributed by atoms with Gasteiger partial charge in [0.2, 0.25) is 0 Å². The first-order valence-corrected chi connectivity index (χ1v) is 9.98. The van der Waals surface area contributed by atoms with E-state index in [-0.39, 0.29) is 0 Å². The van der Waals surface area contributed by atoms with Crippen LogP contribution in [-0.4, -0.2) is 4.98 Å². The second-order valence-corrected chi connectivity index (χ2v) is 7.45. The van der Waals surface area contributed by atoms with Crippen molar-refractivity contribution in [2.24, 2.45) is 0 Å². The zero-order valence-corrected chi connectivity index (χ0v) is 15.9. The number of hydrogen-bond donors (Lipinski definition) is 1. The Morgan fingerprint density at radius 2 is 0.897 bits per heavy atom. The predicted molar refractivity (Wildman–Crippen MR) is 123 cm³/mol. The van der Waals surface area contributed by atoms with Gasteiger partial charge < -0.3 is 4.98 Å². The first-order valence-electron chi connectivity index (χ1n) is 9.98. The van der Waals surface area contributed by atoms with E-state index in [1.807, 2.05) is 0 Å². The molecule has 0 saturated carbocycles. The molecule has 0 unspecified atom stereocenters. The minimum atomic E-state index is 1.16. The number of hydrogen-bond acceptors (Lipinski definition) is 0. The van der Waals surface area contributed by atoms with Crippen LogP contribution in [0.4, 0.5) is 0 Å². The predicted octanol–water partition coefficient (Wildman–Crippen LogP) is 7.76. The first kappa shape index (κ1) is 16.1. The fourth-order valence-electron chi connectivity index (χ4n) is 4.58. The van der Waals surface area contributed by atoms with Gasteiger partial charge in [0, 0.05) is 22.0 Å². The molecule has 4 aromatic rings. The summed E-state index contributed by atoms with van der Waals surface area (Å²) in [6.45, 7) is 0. The highest BCUT2D eigenvalue weighted by molar-refractivity contribution is 6.23. The molecule has 29 heavy (non-hydrogen) atoms. The molecule has 4 aromatic carbocycles. The van der Waals surface area contributed by atoms with Crippen LogP contribution in [0.3, 0.4) is 0 Å². The van der Waals surface area contributed by atoms with Gasteiger partial charge in [0.1, 0.15) is 0 Å². The standard InChI is InChI=1S/C28H19N/c1-3-11-19(12-4-1)25-21-15-7-8-16-22(21)27-26(25)23-17-9-10-18-24(23)29-28(27)20-13-5-2-6-14-20/h1-18,29H. The number of fused-ring (bicyclic) bond motifs is 5. The van der Waals surface area contributed by atoms with Crippen LogP contribution >= 0.6 is 0 Å². The Morgan fingerprint density at radius 1 is 0.379 bits per heavy atom. The topological polar surface area (TPSA) is 15.8 Å². The molecule has 0 aromatic heterocycles. The molecule has 0 bridgehead atoms. The quantitative estimate of drug-likeness (QED) is 0.321. The summed E-state index contributed by atoms with van der Waals surface area (Å²) in [4.78, 5) is 3.74. The molecule has 1 nitrogen and oxygen atoms in total. The molecule has 1 heterocycles. The van der Waals surface area contributed by atoms with Crippen LogP contribution in [0, 0.1) is 0 Å². The van der Waals surface area contributed by atoms with Crippen molar-refractivity contribution in [2.75, 3.05) is 0 Å². The molecule has 0 atom stereocenters. The molecular weight excluding hydrogens is 350 g/mol. The molecule has 0 spiro atoms. The summed E-state index contributed by atoms with van der Waals surface area (Å²) in [5.41, 5.74) is 8.74. The molecule has 1 aliphatic carbocycles. The number of rotatable bonds is 2. The van der Waals surface area contributed by atoms with Gasteiger partial charge in [-0.05, 0) is 33.5 Å². The maximum Gasteiger partial charge on any atom is 0.0544 e. The van der Waals surface area contributed by atoms with Gasteiger partial charge in [0.15, 0.2) is 0 Å². The normalized spacial score (nSPS) is 11.4. The lowest BCUT2D eigenvalue weighted by molar-refractivity contribution is 1.41. The molecule has 2 aliphatic rings. The van der Waals surface area contributed by atoms with Crippen LogP contribution < -0.4 is 0 Å². The molecular formula is C28H19N. The molecule has 0 saturated heterocycles. The van der Waals surface area contributed by atoms with Crippen molar-refractivity contribution in [3.05, 3.63) is 109 Å². The van der Waals surface area contributed by atoms with Gasteiger partial charge >= 0.3 is 0 Å². The average Bonchev–Trinajstić information content (AvgIpc) is 3.15. The van der Waals surface area contributed by atoms with E-state index in [9.17, 15) is 0 Å². The fourth-order valence-corrected chi connectivity index (χ4v) is 4.58. The van der Waals surface area contributed by atoms with Crippen molar-refractivity contribution in [1.29, 1.82) is 0 Å². The van der Waals surface area contributed by atoms with Crippen molar-refractivity contribution in [3.8, 4) is 33.5 Å². The van der Waals surface area contributed by atoms with E-state index in [1.54, 1.807) is 0 Å². The highest BCUT2D eigenvalue weighted by Crippen LogP contribution is 2.51. The second kappa shape index (κ2) is 6.35. The van der Waals surface area contributed by atoms with Crippen molar-refractivity contribution >= 4 is 21.7 Å². The van der Waals surface area contributed by atoms with Crippen LogP contribution in [0.15, 0.2) is 109 Å². The average molecular weight is 369 g/mol. The zero-order valence-electron chi connectivity index (χ0n) is 15.9. The molecule has 1 aliphatic heterocycles. The van der Waals surface area contributed by atoms with E-state index in [0.717, 1.165) is 5.52 Å². The molecule has 6 rings (SSSR count). The number of pyridine rings is 1. The van der Waals surface area contributed by atoms with Crippen LogP contribution in [0.5, 0.6) is 0 Å². The summed E-state index contributed by atoms with van der Waals surface area (Å²) in [7, 11) is 0. The van der Waals surface area contributed by atoms with Gasteiger partial charge in [-0.15, -0.1) is 0 Å². The van der Waals surface area contributed by atoms with Crippen LogP contribution in [0.1, 0.15) is 0 Å². The summed E-state index contributed by atoms with van der Waals surface area (Å²) in [6.07, 6.45) is 0. The monoisotopic (exact) mass is 369 g/mol. The summed E-state index contributed by atoms with van der Waals surface area (Å²) < 4.78 is 0. The van der Waals surface area contributed by atoms with Crippen molar-refractivity contribution in [2.45, 2.75) is 0 Å². The summed E-state index contributed by atoms with van der Waals surface area (Å²) in [6, 6.07) is 38.8. The van der Waals surface area contributed by atoms with E-state index in [1.165, 1.54) is 49.7 Å². The molecule has 1 N–H and O–H groups in total. The number of para-hydroxylation sites is 1. The Bertz CT molecular complexity index is 1430. The highest BCUT2D eigenvalue weighted by Gasteiger charge is 2.25. The maximum atomic E-state index is 3.74. The third-order valence-electron chi connectivity index (χ3n) is 5.80. The van der Waals surface area contributed by atoms with Crippen LogP contribution in [0.25, 0.3) is 55.2 Å². The lowest BCUT2D eigenvalue weighted by atomic mass is 9.93. The van der Waals surface area contributed by atoms with Gasteiger partial charge in [-0.3, -0.25) is 0 Å². The molecule has 0 fully saturated rings. The highest BCUT2D eigenvalue weighted by atomic mass is 14.7. The van der Waals surface area contributed by atoms with Crippen LogP contribution in [-0.2, 0) is 0 Å². The number of benzene rings is 4. The SMILES string of the molecule is c1ccc(-c2[nH]c3ccccc3c3c(-c4ccccc4)c4ccccc4c2-3)cc1. The van der Waals surface area contributed by atoms with Crippen molar-refractivity contribution in [3.63, 3.8) is 0 Å². The lowest BCUT2D eigenvalue weighted by Crippen LogP contribution is -1.93. The van der Waals surface area contributed by atoms with E-state index < -0.39 is 0 Å². The van der Waals surface area contributed by atoms with Gasteiger partial charge in [0.25, 0.3) is 0 Å². The number of aromatic nitrogens is 1. The number of aromatic amines is 1. The molecule has 0 radical (unpaired) electrons. The van der Waals surface area contributed by atoms with Gasteiger partial charge in [0.05, 0.1) is 5.69 Å². The molecule has 136 valence electrons. The third-order valence-corrected chi connectivity index (χ3v) is 5.80. The Labute approximate surface area is 169 Å². The summed E-state index contributed by atoms with van der Waals surface area (Å²) >= 11 is 0. The van der Waals surface area contributed by atoms with Gasteiger partial charge in [-0.25, -0.2) is 0 Å². The minimum Gasteiger partial charge on any atom is -0.354 e.